The van der Waals surface area contributed by atoms with Gasteiger partial charge in [0.1, 0.15) is 5.75 Å². The zero-order valence-electron chi connectivity index (χ0n) is 13.3. The zero-order valence-corrected chi connectivity index (χ0v) is 14.1. The van der Waals surface area contributed by atoms with Crippen LogP contribution >= 0.6 is 0 Å². The molecular weight excluding hydrogens is 314 g/mol. The van der Waals surface area contributed by atoms with Crippen LogP contribution in [0.15, 0.2) is 41.3 Å². The van der Waals surface area contributed by atoms with Crippen molar-refractivity contribution in [1.82, 2.24) is 0 Å². The molecule has 2 rings (SSSR count). The molecule has 5 nitrogen and oxygen atoms in total. The van der Waals surface area contributed by atoms with Crippen molar-refractivity contribution < 1.29 is 18.3 Å². The SMILES string of the molecule is CCS(=O)(=O)c1ccc(O)c(NC(=O)c2cccc(C)c2C)c1. The summed E-state index contributed by atoms with van der Waals surface area (Å²) in [4.78, 5) is 12.5. The molecule has 0 saturated carbocycles. The predicted molar refractivity (Wildman–Crippen MR) is 89.7 cm³/mol. The summed E-state index contributed by atoms with van der Waals surface area (Å²) in [5, 5.41) is 12.5. The lowest BCUT2D eigenvalue weighted by Gasteiger charge is -2.12. The normalized spacial score (nSPS) is 11.3. The maximum absolute atomic E-state index is 12.4. The Kier molecular flexibility index (Phi) is 4.75. The number of phenolic OH excluding ortho intramolecular Hbond substituents is 1. The van der Waals surface area contributed by atoms with E-state index in [1.54, 1.807) is 12.1 Å². The summed E-state index contributed by atoms with van der Waals surface area (Å²) >= 11 is 0. The molecule has 2 aromatic rings. The Morgan fingerprint density at radius 1 is 1.17 bits per heavy atom. The first-order valence-electron chi connectivity index (χ1n) is 7.19. The average molecular weight is 333 g/mol. The number of aromatic hydroxyl groups is 1. The fourth-order valence-corrected chi connectivity index (χ4v) is 3.07. The van der Waals surface area contributed by atoms with Gasteiger partial charge in [-0.2, -0.15) is 0 Å². The predicted octanol–water partition coefficient (Wildman–Crippen LogP) is 3.05. The highest BCUT2D eigenvalue weighted by atomic mass is 32.2. The molecule has 23 heavy (non-hydrogen) atoms. The number of hydrogen-bond donors (Lipinski definition) is 2. The molecule has 0 aliphatic heterocycles. The van der Waals surface area contributed by atoms with E-state index in [4.69, 9.17) is 0 Å². The standard InChI is InChI=1S/C17H19NO4S/c1-4-23(21,22)13-8-9-16(19)15(10-13)18-17(20)14-7-5-6-11(2)12(14)3/h5-10,19H,4H2,1-3H3,(H,18,20). The highest BCUT2D eigenvalue weighted by molar-refractivity contribution is 7.91. The first-order chi connectivity index (χ1) is 10.8. The molecule has 0 atom stereocenters. The highest BCUT2D eigenvalue weighted by Gasteiger charge is 2.17. The monoisotopic (exact) mass is 333 g/mol. The number of phenols is 1. The molecule has 0 fully saturated rings. The molecule has 0 aliphatic rings. The third kappa shape index (κ3) is 3.53. The van der Waals surface area contributed by atoms with E-state index in [0.29, 0.717) is 5.56 Å². The van der Waals surface area contributed by atoms with Crippen LogP contribution in [0, 0.1) is 13.8 Å². The Morgan fingerprint density at radius 3 is 2.52 bits per heavy atom. The third-order valence-electron chi connectivity index (χ3n) is 3.80. The van der Waals surface area contributed by atoms with Crippen molar-refractivity contribution in [3.05, 3.63) is 53.1 Å². The Labute approximate surface area is 135 Å². The summed E-state index contributed by atoms with van der Waals surface area (Å²) in [6, 6.07) is 9.22. The van der Waals surface area contributed by atoms with E-state index in [-0.39, 0.29) is 22.1 Å². The molecule has 0 aromatic heterocycles. The molecule has 0 radical (unpaired) electrons. The quantitative estimate of drug-likeness (QED) is 0.842. The van der Waals surface area contributed by atoms with Gasteiger partial charge in [-0.3, -0.25) is 4.79 Å². The Bertz CT molecular complexity index is 857. The van der Waals surface area contributed by atoms with Crippen LogP contribution in [0.1, 0.15) is 28.4 Å². The average Bonchev–Trinajstić information content (AvgIpc) is 2.51. The van der Waals surface area contributed by atoms with Crippen molar-refractivity contribution in [2.45, 2.75) is 25.7 Å². The van der Waals surface area contributed by atoms with Gasteiger partial charge >= 0.3 is 0 Å². The lowest BCUT2D eigenvalue weighted by atomic mass is 10.0. The number of nitrogens with one attached hydrogen (secondary N) is 1. The van der Waals surface area contributed by atoms with Crippen molar-refractivity contribution in [2.24, 2.45) is 0 Å². The molecule has 0 bridgehead atoms. The lowest BCUT2D eigenvalue weighted by Crippen LogP contribution is -2.14. The van der Waals surface area contributed by atoms with Crippen LogP contribution in [0.25, 0.3) is 0 Å². The van der Waals surface area contributed by atoms with Crippen LogP contribution in [0.5, 0.6) is 5.75 Å². The number of hydrogen-bond acceptors (Lipinski definition) is 4. The number of benzene rings is 2. The first-order valence-corrected chi connectivity index (χ1v) is 8.85. The van der Waals surface area contributed by atoms with E-state index in [1.165, 1.54) is 25.1 Å². The summed E-state index contributed by atoms with van der Waals surface area (Å²) in [6.45, 7) is 5.27. The molecule has 1 amide bonds. The van der Waals surface area contributed by atoms with E-state index >= 15 is 0 Å². The van der Waals surface area contributed by atoms with Crippen LogP contribution in [0.3, 0.4) is 0 Å². The number of carbonyl (C=O) groups excluding carboxylic acids is 1. The van der Waals surface area contributed by atoms with Gasteiger partial charge in [0.25, 0.3) is 5.91 Å². The molecule has 0 heterocycles. The first kappa shape index (κ1) is 17.0. The van der Waals surface area contributed by atoms with Gasteiger partial charge in [0.15, 0.2) is 9.84 Å². The van der Waals surface area contributed by atoms with Gasteiger partial charge in [-0.1, -0.05) is 19.1 Å². The summed E-state index contributed by atoms with van der Waals surface area (Å²) in [7, 11) is -3.42. The van der Waals surface area contributed by atoms with Gasteiger partial charge in [-0.15, -0.1) is 0 Å². The minimum Gasteiger partial charge on any atom is -0.506 e. The molecule has 6 heteroatoms. The van der Waals surface area contributed by atoms with Gasteiger partial charge in [0.05, 0.1) is 16.3 Å². The van der Waals surface area contributed by atoms with Gasteiger partial charge < -0.3 is 10.4 Å². The van der Waals surface area contributed by atoms with E-state index in [9.17, 15) is 18.3 Å². The third-order valence-corrected chi connectivity index (χ3v) is 5.54. The number of rotatable bonds is 4. The fourth-order valence-electron chi connectivity index (χ4n) is 2.16. The molecule has 0 saturated heterocycles. The van der Waals surface area contributed by atoms with Gasteiger partial charge in [0, 0.05) is 5.56 Å². The van der Waals surface area contributed by atoms with E-state index in [1.807, 2.05) is 19.9 Å². The Hall–Kier alpha value is -2.34. The highest BCUT2D eigenvalue weighted by Crippen LogP contribution is 2.28. The van der Waals surface area contributed by atoms with Crippen LogP contribution in [-0.2, 0) is 9.84 Å². The maximum Gasteiger partial charge on any atom is 0.256 e. The Balaban J connectivity index is 2.38. The minimum absolute atomic E-state index is 0.0534. The van der Waals surface area contributed by atoms with E-state index in [2.05, 4.69) is 5.32 Å². The molecule has 0 spiro atoms. The van der Waals surface area contributed by atoms with Gasteiger partial charge in [0.2, 0.25) is 0 Å². The summed E-state index contributed by atoms with van der Waals surface area (Å²) in [5.41, 5.74) is 2.37. The fraction of sp³-hybridized carbons (Fsp3) is 0.235. The summed E-state index contributed by atoms with van der Waals surface area (Å²) in [5.74, 6) is -0.631. The van der Waals surface area contributed by atoms with Crippen molar-refractivity contribution in [3.63, 3.8) is 0 Å². The van der Waals surface area contributed by atoms with Crippen molar-refractivity contribution in [1.29, 1.82) is 0 Å². The van der Waals surface area contributed by atoms with E-state index in [0.717, 1.165) is 11.1 Å². The van der Waals surface area contributed by atoms with Gasteiger partial charge in [-0.25, -0.2) is 8.42 Å². The topological polar surface area (TPSA) is 83.5 Å². The molecular formula is C17H19NO4S. The number of anilines is 1. The zero-order chi connectivity index (χ0) is 17.2. The smallest absolute Gasteiger partial charge is 0.256 e. The molecule has 2 N–H and O–H groups in total. The summed E-state index contributed by atoms with van der Waals surface area (Å²) in [6.07, 6.45) is 0. The second-order valence-corrected chi connectivity index (χ2v) is 7.56. The van der Waals surface area contributed by atoms with Crippen molar-refractivity contribution >= 4 is 21.4 Å². The number of sulfone groups is 1. The molecule has 0 unspecified atom stereocenters. The van der Waals surface area contributed by atoms with Crippen LogP contribution < -0.4 is 5.32 Å². The lowest BCUT2D eigenvalue weighted by molar-refractivity contribution is 0.102. The number of carbonyl (C=O) groups is 1. The molecule has 0 aliphatic carbocycles. The van der Waals surface area contributed by atoms with Crippen LogP contribution in [0.4, 0.5) is 5.69 Å². The second kappa shape index (κ2) is 6.42. The second-order valence-electron chi connectivity index (χ2n) is 5.28. The van der Waals surface area contributed by atoms with Crippen LogP contribution in [0.2, 0.25) is 0 Å². The largest absolute Gasteiger partial charge is 0.506 e. The Morgan fingerprint density at radius 2 is 1.87 bits per heavy atom. The number of amides is 1. The molecule has 2 aromatic carbocycles. The van der Waals surface area contributed by atoms with Crippen molar-refractivity contribution in [3.8, 4) is 5.75 Å². The van der Waals surface area contributed by atoms with Crippen LogP contribution in [-0.4, -0.2) is 25.2 Å². The molecule has 122 valence electrons. The summed E-state index contributed by atoms with van der Waals surface area (Å²) < 4.78 is 23.8. The minimum atomic E-state index is -3.42. The van der Waals surface area contributed by atoms with E-state index < -0.39 is 15.7 Å². The van der Waals surface area contributed by atoms with Gasteiger partial charge in [-0.05, 0) is 49.2 Å². The number of aryl methyl sites for hydroxylation is 1. The maximum atomic E-state index is 12.4. The van der Waals surface area contributed by atoms with Crippen molar-refractivity contribution in [2.75, 3.05) is 11.1 Å².